The van der Waals surface area contributed by atoms with Gasteiger partial charge in [0.25, 0.3) is 0 Å². The van der Waals surface area contributed by atoms with Crippen LogP contribution in [-0.4, -0.2) is 19.0 Å². The van der Waals surface area contributed by atoms with Crippen LogP contribution in [0.4, 0.5) is 0 Å². The Morgan fingerprint density at radius 1 is 1.36 bits per heavy atom. The fraction of sp³-hybridized carbons (Fsp3) is 0.417. The van der Waals surface area contributed by atoms with Crippen molar-refractivity contribution in [3.05, 3.63) is 36.4 Å². The van der Waals surface area contributed by atoms with Gasteiger partial charge < -0.3 is 9.64 Å². The van der Waals surface area contributed by atoms with Crippen LogP contribution in [0, 0.1) is 6.61 Å². The molecule has 0 heterocycles. The third kappa shape index (κ3) is 3.79. The van der Waals surface area contributed by atoms with Gasteiger partial charge in [-0.3, -0.25) is 0 Å². The van der Waals surface area contributed by atoms with E-state index in [4.69, 9.17) is 4.74 Å². The summed E-state index contributed by atoms with van der Waals surface area (Å²) in [5.41, 5.74) is 1.28. The molecule has 0 unspecified atom stereocenters. The van der Waals surface area contributed by atoms with Gasteiger partial charge in [0, 0.05) is 6.54 Å². The first-order valence-electron chi connectivity index (χ1n) is 4.94. The van der Waals surface area contributed by atoms with Gasteiger partial charge in [0.15, 0.2) is 0 Å². The molecule has 0 N–H and O–H groups in total. The van der Waals surface area contributed by atoms with Gasteiger partial charge in [-0.25, -0.2) is 0 Å². The molecule has 0 amide bonds. The van der Waals surface area contributed by atoms with Gasteiger partial charge in [-0.2, -0.15) is 0 Å². The van der Waals surface area contributed by atoms with Crippen molar-refractivity contribution >= 4 is 0 Å². The summed E-state index contributed by atoms with van der Waals surface area (Å²) in [5.74, 6) is 0.922. The third-order valence-electron chi connectivity index (χ3n) is 1.78. The highest BCUT2D eigenvalue weighted by atomic mass is 16.5. The Kier molecular flexibility index (Phi) is 4.47. The van der Waals surface area contributed by atoms with Gasteiger partial charge in [-0.05, 0) is 38.2 Å². The molecule has 0 bridgehead atoms. The molecule has 0 fully saturated rings. The summed E-state index contributed by atoms with van der Waals surface area (Å²) in [6.45, 7) is 4.82. The Balaban J connectivity index is 2.59. The normalized spacial score (nSPS) is 10.6. The number of benzene rings is 1. The van der Waals surface area contributed by atoms with Crippen molar-refractivity contribution in [1.82, 2.24) is 4.90 Å². The molecule has 2 heteroatoms. The van der Waals surface area contributed by atoms with Crippen LogP contribution in [0.5, 0.6) is 5.75 Å². The zero-order valence-electron chi connectivity index (χ0n) is 9.16. The van der Waals surface area contributed by atoms with Crippen molar-refractivity contribution in [2.24, 2.45) is 0 Å². The number of hydrogen-bond donors (Lipinski definition) is 0. The van der Waals surface area contributed by atoms with Crippen LogP contribution >= 0.6 is 0 Å². The molecule has 0 aliphatic heterocycles. The van der Waals surface area contributed by atoms with E-state index in [-0.39, 0.29) is 0 Å². The third-order valence-corrected chi connectivity index (χ3v) is 1.78. The molecule has 1 aromatic rings. The lowest BCUT2D eigenvalue weighted by Gasteiger charge is -2.10. The molecular weight excluding hydrogens is 174 g/mol. The molecule has 0 aliphatic carbocycles. The van der Waals surface area contributed by atoms with E-state index < -0.39 is 0 Å². The van der Waals surface area contributed by atoms with Gasteiger partial charge in [0.1, 0.15) is 12.4 Å². The van der Waals surface area contributed by atoms with Crippen molar-refractivity contribution in [1.29, 1.82) is 0 Å². The summed E-state index contributed by atoms with van der Waals surface area (Å²) in [6.07, 6.45) is 0.928. The van der Waals surface area contributed by atoms with E-state index in [2.05, 4.69) is 38.1 Å². The number of nitrogens with zero attached hydrogens (tertiary/aromatic N) is 1. The highest BCUT2D eigenvalue weighted by molar-refractivity contribution is 5.28. The average molecular weight is 192 g/mol. The average Bonchev–Trinajstić information content (AvgIpc) is 2.14. The zero-order chi connectivity index (χ0) is 10.4. The number of ether oxygens (including phenoxy) is 1. The Labute approximate surface area is 86.5 Å². The van der Waals surface area contributed by atoms with E-state index in [1.807, 2.05) is 18.7 Å². The lowest BCUT2D eigenvalue weighted by Crippen LogP contribution is -2.10. The lowest BCUT2D eigenvalue weighted by molar-refractivity contribution is 0.388. The fourth-order valence-corrected chi connectivity index (χ4v) is 1.26. The predicted molar refractivity (Wildman–Crippen MR) is 59.1 cm³/mol. The maximum Gasteiger partial charge on any atom is 0.135 e. The van der Waals surface area contributed by atoms with E-state index >= 15 is 0 Å². The van der Waals surface area contributed by atoms with Crippen LogP contribution in [0.15, 0.2) is 24.3 Å². The molecule has 1 radical (unpaired) electrons. The first kappa shape index (κ1) is 11.1. The molecule has 2 nitrogen and oxygen atoms in total. The molecular formula is C12H18NO. The summed E-state index contributed by atoms with van der Waals surface area (Å²) < 4.78 is 5.43. The van der Waals surface area contributed by atoms with Crippen molar-refractivity contribution < 1.29 is 4.74 Å². The topological polar surface area (TPSA) is 12.5 Å². The van der Waals surface area contributed by atoms with E-state index in [9.17, 15) is 0 Å². The molecule has 0 saturated carbocycles. The summed E-state index contributed by atoms with van der Waals surface area (Å²) in [4.78, 5) is 2.14. The SMILES string of the molecule is CC[CH]Oc1cccc(CN(C)C)c1. The second-order valence-electron chi connectivity index (χ2n) is 3.58. The summed E-state index contributed by atoms with van der Waals surface area (Å²) in [6, 6.07) is 8.19. The highest BCUT2D eigenvalue weighted by Crippen LogP contribution is 2.15. The van der Waals surface area contributed by atoms with Gasteiger partial charge in [-0.1, -0.05) is 19.1 Å². The smallest absolute Gasteiger partial charge is 0.135 e. The van der Waals surface area contributed by atoms with E-state index in [0.29, 0.717) is 0 Å². The molecule has 1 rings (SSSR count). The highest BCUT2D eigenvalue weighted by Gasteiger charge is 1.97. The largest absolute Gasteiger partial charge is 0.487 e. The van der Waals surface area contributed by atoms with Crippen molar-refractivity contribution in [2.75, 3.05) is 14.1 Å². The summed E-state index contributed by atoms with van der Waals surface area (Å²) in [5, 5.41) is 0. The van der Waals surface area contributed by atoms with Crippen LogP contribution in [0.2, 0.25) is 0 Å². The molecule has 0 aliphatic rings. The van der Waals surface area contributed by atoms with Crippen molar-refractivity contribution in [3.8, 4) is 5.75 Å². The first-order valence-corrected chi connectivity index (χ1v) is 4.94. The van der Waals surface area contributed by atoms with Crippen LogP contribution in [0.3, 0.4) is 0 Å². The Morgan fingerprint density at radius 3 is 2.79 bits per heavy atom. The molecule has 0 spiro atoms. The Bertz CT molecular complexity index is 271. The van der Waals surface area contributed by atoms with E-state index in [0.717, 1.165) is 18.7 Å². The lowest BCUT2D eigenvalue weighted by atomic mass is 10.2. The van der Waals surface area contributed by atoms with E-state index in [1.54, 1.807) is 0 Å². The number of rotatable bonds is 5. The van der Waals surface area contributed by atoms with E-state index in [1.165, 1.54) is 5.56 Å². The monoisotopic (exact) mass is 192 g/mol. The van der Waals surface area contributed by atoms with Gasteiger partial charge in [-0.15, -0.1) is 0 Å². The van der Waals surface area contributed by atoms with Crippen LogP contribution < -0.4 is 4.74 Å². The molecule has 0 aromatic heterocycles. The molecule has 0 saturated heterocycles. The first-order chi connectivity index (χ1) is 6.72. The minimum absolute atomic E-state index is 0.922. The van der Waals surface area contributed by atoms with Gasteiger partial charge in [0.2, 0.25) is 0 Å². The molecule has 0 atom stereocenters. The maximum atomic E-state index is 5.43. The van der Waals surface area contributed by atoms with Crippen LogP contribution in [0.25, 0.3) is 0 Å². The minimum atomic E-state index is 0.922. The summed E-state index contributed by atoms with van der Waals surface area (Å²) in [7, 11) is 4.12. The second-order valence-corrected chi connectivity index (χ2v) is 3.58. The van der Waals surface area contributed by atoms with Gasteiger partial charge in [0.05, 0.1) is 0 Å². The van der Waals surface area contributed by atoms with Crippen LogP contribution in [0.1, 0.15) is 18.9 Å². The summed E-state index contributed by atoms with van der Waals surface area (Å²) >= 11 is 0. The van der Waals surface area contributed by atoms with Crippen LogP contribution in [-0.2, 0) is 6.54 Å². The standard InChI is InChI=1S/C12H18NO/c1-4-8-14-12-7-5-6-11(9-12)10-13(2)3/h5-9H,4,10H2,1-3H3. The molecule has 1 aromatic carbocycles. The fourth-order valence-electron chi connectivity index (χ4n) is 1.26. The second kappa shape index (κ2) is 5.66. The molecule has 14 heavy (non-hydrogen) atoms. The van der Waals surface area contributed by atoms with Gasteiger partial charge >= 0.3 is 0 Å². The predicted octanol–water partition coefficient (Wildman–Crippen LogP) is 2.70. The van der Waals surface area contributed by atoms with Crippen molar-refractivity contribution in [3.63, 3.8) is 0 Å². The minimum Gasteiger partial charge on any atom is -0.487 e. The van der Waals surface area contributed by atoms with Crippen molar-refractivity contribution in [2.45, 2.75) is 19.9 Å². The molecule has 77 valence electrons. The number of hydrogen-bond acceptors (Lipinski definition) is 2. The zero-order valence-corrected chi connectivity index (χ0v) is 9.16. The maximum absolute atomic E-state index is 5.43. The quantitative estimate of drug-likeness (QED) is 0.711. The Hall–Kier alpha value is -1.02. The Morgan fingerprint density at radius 2 is 2.14 bits per heavy atom.